The number of likely N-dealkylation sites (tertiary alicyclic amines) is 1. The van der Waals surface area contributed by atoms with E-state index in [1.807, 2.05) is 71.9 Å². The molecular formula is C34H51N3O6. The second kappa shape index (κ2) is 13.7. The summed E-state index contributed by atoms with van der Waals surface area (Å²) in [7, 11) is 0. The van der Waals surface area contributed by atoms with Crippen molar-refractivity contribution in [3.8, 4) is 0 Å². The quantitative estimate of drug-likeness (QED) is 0.390. The maximum Gasteiger partial charge on any atom is 0.408 e. The van der Waals surface area contributed by atoms with E-state index >= 15 is 0 Å². The molecule has 3 amide bonds. The van der Waals surface area contributed by atoms with Gasteiger partial charge in [0.2, 0.25) is 11.8 Å². The molecule has 2 saturated carbocycles. The summed E-state index contributed by atoms with van der Waals surface area (Å²) in [6, 6.07) is 6.99. The highest BCUT2D eigenvalue weighted by molar-refractivity contribution is 5.94. The minimum absolute atomic E-state index is 0.0607. The molecule has 1 saturated heterocycles. The molecule has 1 aromatic rings. The predicted octanol–water partition coefficient (Wildman–Crippen LogP) is 5.36. The lowest BCUT2D eigenvalue weighted by Gasteiger charge is -2.38. The van der Waals surface area contributed by atoms with Crippen molar-refractivity contribution < 1.29 is 28.7 Å². The van der Waals surface area contributed by atoms with Gasteiger partial charge in [-0.25, -0.2) is 9.59 Å². The molecule has 0 unspecified atom stereocenters. The van der Waals surface area contributed by atoms with Crippen LogP contribution >= 0.6 is 0 Å². The SMILES string of the molecule is CC(C)(C)OC(=O)[C@@H]1[C@H]2CCC[C@H]2CN1C(=O)[C@@H](NC(=O)[C@H](NC(=O)OCc1ccccc1)C1CCCCC1)C(C)(C)C. The molecule has 2 N–H and O–H groups in total. The van der Waals surface area contributed by atoms with Crippen molar-refractivity contribution in [2.75, 3.05) is 6.54 Å². The van der Waals surface area contributed by atoms with Gasteiger partial charge in [0.1, 0.15) is 30.3 Å². The van der Waals surface area contributed by atoms with E-state index in [1.54, 1.807) is 4.90 Å². The fraction of sp³-hybridized carbons (Fsp3) is 0.706. The zero-order valence-electron chi connectivity index (χ0n) is 26.8. The van der Waals surface area contributed by atoms with Gasteiger partial charge in [-0.3, -0.25) is 9.59 Å². The highest BCUT2D eigenvalue weighted by Gasteiger charge is 2.53. The smallest absolute Gasteiger partial charge is 0.408 e. The predicted molar refractivity (Wildman–Crippen MR) is 164 cm³/mol. The van der Waals surface area contributed by atoms with Crippen LogP contribution in [0.2, 0.25) is 0 Å². The summed E-state index contributed by atoms with van der Waals surface area (Å²) in [5.74, 6) is -0.809. The summed E-state index contributed by atoms with van der Waals surface area (Å²) < 4.78 is 11.3. The number of hydrogen-bond acceptors (Lipinski definition) is 6. The topological polar surface area (TPSA) is 114 Å². The van der Waals surface area contributed by atoms with Gasteiger partial charge in [-0.2, -0.15) is 0 Å². The molecule has 4 rings (SSSR count). The van der Waals surface area contributed by atoms with Crippen LogP contribution in [-0.4, -0.2) is 59.0 Å². The summed E-state index contributed by atoms with van der Waals surface area (Å²) in [6.07, 6.45) is 6.88. The number of carbonyl (C=O) groups is 4. The van der Waals surface area contributed by atoms with Crippen molar-refractivity contribution in [2.45, 2.75) is 123 Å². The number of fused-ring (bicyclic) bond motifs is 1. The van der Waals surface area contributed by atoms with Crippen LogP contribution in [0.4, 0.5) is 4.79 Å². The van der Waals surface area contributed by atoms with Gasteiger partial charge in [0.05, 0.1) is 0 Å². The molecule has 5 atom stereocenters. The van der Waals surface area contributed by atoms with Crippen LogP contribution < -0.4 is 10.6 Å². The van der Waals surface area contributed by atoms with E-state index < -0.39 is 41.1 Å². The van der Waals surface area contributed by atoms with Crippen LogP contribution in [-0.2, 0) is 30.5 Å². The maximum atomic E-state index is 14.3. The van der Waals surface area contributed by atoms with Crippen molar-refractivity contribution in [1.82, 2.24) is 15.5 Å². The molecule has 3 aliphatic rings. The lowest BCUT2D eigenvalue weighted by Crippen LogP contribution is -2.61. The highest BCUT2D eigenvalue weighted by Crippen LogP contribution is 2.44. The molecular weight excluding hydrogens is 546 g/mol. The van der Waals surface area contributed by atoms with Crippen molar-refractivity contribution >= 4 is 23.9 Å². The van der Waals surface area contributed by atoms with Crippen LogP contribution in [0.5, 0.6) is 0 Å². The Balaban J connectivity index is 1.52. The summed E-state index contributed by atoms with van der Waals surface area (Å²) >= 11 is 0. The van der Waals surface area contributed by atoms with Gasteiger partial charge in [0.25, 0.3) is 0 Å². The normalized spacial score (nSPS) is 24.0. The van der Waals surface area contributed by atoms with Gasteiger partial charge in [-0.1, -0.05) is 76.8 Å². The Labute approximate surface area is 256 Å². The van der Waals surface area contributed by atoms with E-state index in [-0.39, 0.29) is 36.2 Å². The minimum Gasteiger partial charge on any atom is -0.458 e. The van der Waals surface area contributed by atoms with Gasteiger partial charge in [-0.15, -0.1) is 0 Å². The number of alkyl carbamates (subject to hydrolysis) is 1. The highest BCUT2D eigenvalue weighted by atomic mass is 16.6. The Bertz CT molecular complexity index is 1140. The average molecular weight is 598 g/mol. The fourth-order valence-corrected chi connectivity index (χ4v) is 7.00. The summed E-state index contributed by atoms with van der Waals surface area (Å²) in [5, 5.41) is 5.87. The molecule has 0 bridgehead atoms. The molecule has 1 heterocycles. The number of ether oxygens (including phenoxy) is 2. The molecule has 238 valence electrons. The third kappa shape index (κ3) is 8.51. The molecule has 9 heteroatoms. The molecule has 1 aliphatic heterocycles. The molecule has 9 nitrogen and oxygen atoms in total. The van der Waals surface area contributed by atoms with Gasteiger partial charge < -0.3 is 25.0 Å². The van der Waals surface area contributed by atoms with Crippen LogP contribution in [0.15, 0.2) is 30.3 Å². The first-order chi connectivity index (χ1) is 20.2. The Kier molecular flexibility index (Phi) is 10.4. The molecule has 0 radical (unpaired) electrons. The summed E-state index contributed by atoms with van der Waals surface area (Å²) in [6.45, 7) is 11.8. The lowest BCUT2D eigenvalue weighted by molar-refractivity contribution is -0.165. The molecule has 2 aliphatic carbocycles. The molecule has 0 aromatic heterocycles. The average Bonchev–Trinajstić information content (AvgIpc) is 3.54. The Hall–Kier alpha value is -3.10. The zero-order valence-corrected chi connectivity index (χ0v) is 26.8. The van der Waals surface area contributed by atoms with E-state index in [9.17, 15) is 19.2 Å². The molecule has 3 fully saturated rings. The van der Waals surface area contributed by atoms with Gasteiger partial charge in [-0.05, 0) is 75.2 Å². The Morgan fingerprint density at radius 3 is 2.19 bits per heavy atom. The number of esters is 1. The van der Waals surface area contributed by atoms with E-state index in [2.05, 4.69) is 10.6 Å². The van der Waals surface area contributed by atoms with Crippen molar-refractivity contribution in [3.63, 3.8) is 0 Å². The first kappa shape index (κ1) is 32.8. The van der Waals surface area contributed by atoms with E-state index in [0.717, 1.165) is 56.9 Å². The third-order valence-corrected chi connectivity index (χ3v) is 9.11. The van der Waals surface area contributed by atoms with Gasteiger partial charge in [0, 0.05) is 6.54 Å². The number of rotatable bonds is 8. The number of hydrogen-bond donors (Lipinski definition) is 2. The molecule has 0 spiro atoms. The van der Waals surface area contributed by atoms with Gasteiger partial charge in [0.15, 0.2) is 0 Å². The largest absolute Gasteiger partial charge is 0.458 e. The number of carbonyl (C=O) groups excluding carboxylic acids is 4. The minimum atomic E-state index is -0.892. The number of nitrogens with zero attached hydrogens (tertiary/aromatic N) is 1. The van der Waals surface area contributed by atoms with Crippen LogP contribution in [0.3, 0.4) is 0 Å². The zero-order chi connectivity index (χ0) is 31.4. The molecule has 43 heavy (non-hydrogen) atoms. The second-order valence-electron chi connectivity index (χ2n) is 14.7. The standard InChI is InChI=1S/C34H51N3O6/c1-33(2,3)28(30(39)37-20-24-18-13-19-25(24)27(37)31(40)43-34(4,5)6)36-29(38)26(23-16-11-8-12-17-23)35-32(41)42-21-22-14-9-7-10-15-22/h7,9-10,14-15,23-28H,8,11-13,16-21H2,1-6H3,(H,35,41)(H,36,38)/t24-,25-,26+,27-,28+/m0/s1. The first-order valence-electron chi connectivity index (χ1n) is 16.1. The van der Waals surface area contributed by atoms with E-state index in [1.165, 1.54) is 0 Å². The van der Waals surface area contributed by atoms with Gasteiger partial charge >= 0.3 is 12.1 Å². The summed E-state index contributed by atoms with van der Waals surface area (Å²) in [5.41, 5.74) is -0.466. The number of amides is 3. The van der Waals surface area contributed by atoms with Crippen molar-refractivity contribution in [2.24, 2.45) is 23.2 Å². The van der Waals surface area contributed by atoms with Crippen molar-refractivity contribution in [3.05, 3.63) is 35.9 Å². The molecule has 1 aromatic carbocycles. The number of nitrogens with one attached hydrogen (secondary N) is 2. The van der Waals surface area contributed by atoms with E-state index in [4.69, 9.17) is 9.47 Å². The lowest BCUT2D eigenvalue weighted by atomic mass is 9.82. The monoisotopic (exact) mass is 597 g/mol. The second-order valence-corrected chi connectivity index (χ2v) is 14.7. The van der Waals surface area contributed by atoms with E-state index in [0.29, 0.717) is 6.54 Å². The third-order valence-electron chi connectivity index (χ3n) is 9.11. The Morgan fingerprint density at radius 1 is 0.884 bits per heavy atom. The Morgan fingerprint density at radius 2 is 1.56 bits per heavy atom. The first-order valence-corrected chi connectivity index (χ1v) is 16.1. The summed E-state index contributed by atoms with van der Waals surface area (Å²) in [4.78, 5) is 56.3. The number of benzene rings is 1. The fourth-order valence-electron chi connectivity index (χ4n) is 7.00. The van der Waals surface area contributed by atoms with Crippen LogP contribution in [0, 0.1) is 23.2 Å². The maximum absolute atomic E-state index is 14.3. The van der Waals surface area contributed by atoms with Crippen molar-refractivity contribution in [1.29, 1.82) is 0 Å². The van der Waals surface area contributed by atoms with Crippen LogP contribution in [0.25, 0.3) is 0 Å². The van der Waals surface area contributed by atoms with Crippen LogP contribution in [0.1, 0.15) is 98.5 Å².